The number of halogens is 1. The van der Waals surface area contributed by atoms with Crippen LogP contribution in [0.4, 0.5) is 4.39 Å². The molecule has 0 saturated carbocycles. The van der Waals surface area contributed by atoms with Gasteiger partial charge in [0.2, 0.25) is 0 Å². The minimum absolute atomic E-state index is 0.00495. The Balaban J connectivity index is 3.25. The van der Waals surface area contributed by atoms with E-state index in [-0.39, 0.29) is 11.7 Å². The van der Waals surface area contributed by atoms with Gasteiger partial charge in [0.15, 0.2) is 0 Å². The maximum absolute atomic E-state index is 12.8. The summed E-state index contributed by atoms with van der Waals surface area (Å²) in [7, 11) is 0. The van der Waals surface area contributed by atoms with Gasteiger partial charge in [-0.25, -0.2) is 4.39 Å². The Labute approximate surface area is 77.1 Å². The van der Waals surface area contributed by atoms with Crippen molar-refractivity contribution in [1.29, 1.82) is 5.26 Å². The van der Waals surface area contributed by atoms with E-state index in [0.29, 0.717) is 11.1 Å². The van der Waals surface area contributed by atoms with Crippen LogP contribution in [0.5, 0.6) is 0 Å². The first kappa shape index (κ1) is 9.47. The van der Waals surface area contributed by atoms with E-state index in [2.05, 4.69) is 6.58 Å². The van der Waals surface area contributed by atoms with Crippen LogP contribution in [0.2, 0.25) is 0 Å². The molecule has 2 heteroatoms. The molecule has 1 aromatic carbocycles. The molecule has 0 radical (unpaired) electrons. The van der Waals surface area contributed by atoms with Gasteiger partial charge in [-0.3, -0.25) is 0 Å². The summed E-state index contributed by atoms with van der Waals surface area (Å²) in [6.07, 6.45) is 1.69. The van der Waals surface area contributed by atoms with Crippen molar-refractivity contribution in [2.75, 3.05) is 0 Å². The zero-order chi connectivity index (χ0) is 9.84. The third-order valence-electron chi connectivity index (χ3n) is 1.98. The average Bonchev–Trinajstić information content (AvgIpc) is 2.16. The zero-order valence-electron chi connectivity index (χ0n) is 7.42. The highest BCUT2D eigenvalue weighted by Gasteiger charge is 2.08. The van der Waals surface area contributed by atoms with Crippen LogP contribution in [0.1, 0.15) is 24.0 Å². The van der Waals surface area contributed by atoms with Crippen molar-refractivity contribution in [3.05, 3.63) is 47.8 Å². The zero-order valence-corrected chi connectivity index (χ0v) is 7.42. The number of allylic oxidation sites excluding steroid dienone is 1. The summed E-state index contributed by atoms with van der Waals surface area (Å²) in [5, 5.41) is 8.75. The number of hydrogen-bond donors (Lipinski definition) is 0. The summed E-state index contributed by atoms with van der Waals surface area (Å²) in [5.74, 6) is -0.312. The van der Waals surface area contributed by atoms with Gasteiger partial charge >= 0.3 is 0 Å². The van der Waals surface area contributed by atoms with E-state index in [1.165, 1.54) is 18.2 Å². The van der Waals surface area contributed by atoms with E-state index in [1.807, 2.05) is 13.0 Å². The molecule has 0 spiro atoms. The lowest BCUT2D eigenvalue weighted by Gasteiger charge is -2.07. The van der Waals surface area contributed by atoms with Crippen LogP contribution in [0, 0.1) is 17.1 Å². The van der Waals surface area contributed by atoms with Gasteiger partial charge in [0, 0.05) is 5.92 Å². The molecule has 0 N–H and O–H groups in total. The number of nitriles is 1. The minimum Gasteiger partial charge on any atom is -0.207 e. The molecule has 0 heterocycles. The van der Waals surface area contributed by atoms with Crippen molar-refractivity contribution in [2.45, 2.75) is 12.8 Å². The molecule has 1 nitrogen and oxygen atoms in total. The van der Waals surface area contributed by atoms with Crippen molar-refractivity contribution in [1.82, 2.24) is 0 Å². The number of hydrogen-bond acceptors (Lipinski definition) is 1. The second-order valence-electron chi connectivity index (χ2n) is 2.87. The van der Waals surface area contributed by atoms with Gasteiger partial charge in [-0.15, -0.1) is 6.58 Å². The fourth-order valence-electron chi connectivity index (χ4n) is 1.14. The van der Waals surface area contributed by atoms with Crippen molar-refractivity contribution in [3.8, 4) is 6.07 Å². The molecular formula is C11H10FN. The summed E-state index contributed by atoms with van der Waals surface area (Å²) in [5.41, 5.74) is 1.20. The molecule has 0 bridgehead atoms. The molecule has 0 amide bonds. The number of nitrogens with zero attached hydrogens (tertiary/aromatic N) is 1. The predicted octanol–water partition coefficient (Wildman–Crippen LogP) is 2.99. The standard InChI is InChI=1S/C11H10FN/c1-3-8(2)11-6-10(12)5-4-9(11)7-13/h3-6,8H,1H2,2H3. The third kappa shape index (κ3) is 1.94. The van der Waals surface area contributed by atoms with Gasteiger partial charge in [-0.2, -0.15) is 5.26 Å². The van der Waals surface area contributed by atoms with Gasteiger partial charge < -0.3 is 0 Å². The molecule has 0 aromatic heterocycles. The Morgan fingerprint density at radius 1 is 1.62 bits per heavy atom. The van der Waals surface area contributed by atoms with E-state index in [9.17, 15) is 4.39 Å². The van der Waals surface area contributed by atoms with Crippen LogP contribution in [0.3, 0.4) is 0 Å². The van der Waals surface area contributed by atoms with Gasteiger partial charge in [0.1, 0.15) is 5.82 Å². The Hall–Kier alpha value is -1.62. The smallest absolute Gasteiger partial charge is 0.123 e. The first-order valence-electron chi connectivity index (χ1n) is 4.01. The summed E-state index contributed by atoms with van der Waals surface area (Å²) in [6, 6.07) is 6.18. The maximum Gasteiger partial charge on any atom is 0.123 e. The van der Waals surface area contributed by atoms with Gasteiger partial charge in [0.05, 0.1) is 11.6 Å². The topological polar surface area (TPSA) is 23.8 Å². The molecule has 1 rings (SSSR count). The van der Waals surface area contributed by atoms with E-state index < -0.39 is 0 Å². The summed E-state index contributed by atoms with van der Waals surface area (Å²) in [4.78, 5) is 0. The molecule has 0 fully saturated rings. The van der Waals surface area contributed by atoms with Crippen molar-refractivity contribution < 1.29 is 4.39 Å². The number of benzene rings is 1. The van der Waals surface area contributed by atoms with Crippen molar-refractivity contribution in [2.24, 2.45) is 0 Å². The van der Waals surface area contributed by atoms with Crippen molar-refractivity contribution >= 4 is 0 Å². The molecule has 0 aliphatic heterocycles. The molecular weight excluding hydrogens is 165 g/mol. The van der Waals surface area contributed by atoms with E-state index in [1.54, 1.807) is 6.08 Å². The van der Waals surface area contributed by atoms with Crippen LogP contribution in [0.25, 0.3) is 0 Å². The minimum atomic E-state index is -0.317. The fraction of sp³-hybridized carbons (Fsp3) is 0.182. The predicted molar refractivity (Wildman–Crippen MR) is 49.7 cm³/mol. The summed E-state index contributed by atoms with van der Waals surface area (Å²) >= 11 is 0. The van der Waals surface area contributed by atoms with Crippen LogP contribution < -0.4 is 0 Å². The van der Waals surface area contributed by atoms with E-state index in [4.69, 9.17) is 5.26 Å². The molecule has 0 aliphatic carbocycles. The molecule has 0 saturated heterocycles. The molecule has 1 atom stereocenters. The lowest BCUT2D eigenvalue weighted by atomic mass is 9.96. The molecule has 0 aliphatic rings. The van der Waals surface area contributed by atoms with E-state index >= 15 is 0 Å². The Kier molecular flexibility index (Phi) is 2.81. The van der Waals surface area contributed by atoms with Crippen LogP contribution in [0.15, 0.2) is 30.9 Å². The van der Waals surface area contributed by atoms with Crippen LogP contribution >= 0.6 is 0 Å². The lowest BCUT2D eigenvalue weighted by molar-refractivity contribution is 0.624. The Morgan fingerprint density at radius 3 is 2.85 bits per heavy atom. The largest absolute Gasteiger partial charge is 0.207 e. The normalized spacial score (nSPS) is 11.8. The Bertz CT molecular complexity index is 363. The first-order valence-corrected chi connectivity index (χ1v) is 4.01. The second-order valence-corrected chi connectivity index (χ2v) is 2.87. The highest BCUT2D eigenvalue weighted by molar-refractivity contribution is 5.41. The molecule has 1 aromatic rings. The van der Waals surface area contributed by atoms with Crippen LogP contribution in [-0.4, -0.2) is 0 Å². The quantitative estimate of drug-likeness (QED) is 0.634. The van der Waals surface area contributed by atoms with Gasteiger partial charge in [0.25, 0.3) is 0 Å². The maximum atomic E-state index is 12.8. The summed E-state index contributed by atoms with van der Waals surface area (Å²) in [6.45, 7) is 5.49. The summed E-state index contributed by atoms with van der Waals surface area (Å²) < 4.78 is 12.8. The van der Waals surface area contributed by atoms with Gasteiger partial charge in [-0.1, -0.05) is 13.0 Å². The molecule has 13 heavy (non-hydrogen) atoms. The van der Waals surface area contributed by atoms with Gasteiger partial charge in [-0.05, 0) is 23.8 Å². The second kappa shape index (κ2) is 3.86. The Morgan fingerprint density at radius 2 is 2.31 bits per heavy atom. The van der Waals surface area contributed by atoms with Crippen LogP contribution in [-0.2, 0) is 0 Å². The molecule has 1 unspecified atom stereocenters. The van der Waals surface area contributed by atoms with E-state index in [0.717, 1.165) is 0 Å². The highest BCUT2D eigenvalue weighted by Crippen LogP contribution is 2.21. The van der Waals surface area contributed by atoms with Crippen molar-refractivity contribution in [3.63, 3.8) is 0 Å². The highest BCUT2D eigenvalue weighted by atomic mass is 19.1. The SMILES string of the molecule is C=CC(C)c1cc(F)ccc1C#N. The first-order chi connectivity index (χ1) is 6.19. The average molecular weight is 175 g/mol. The fourth-order valence-corrected chi connectivity index (χ4v) is 1.14. The molecule has 66 valence electrons. The monoisotopic (exact) mass is 175 g/mol. The lowest BCUT2D eigenvalue weighted by Crippen LogP contribution is -1.94. The number of rotatable bonds is 2. The third-order valence-corrected chi connectivity index (χ3v) is 1.98.